The zero-order chi connectivity index (χ0) is 23.7. The van der Waals surface area contributed by atoms with Crippen molar-refractivity contribution in [1.82, 2.24) is 10.3 Å². The predicted octanol–water partition coefficient (Wildman–Crippen LogP) is 6.32. The van der Waals surface area contributed by atoms with Gasteiger partial charge in [-0.3, -0.25) is 10.1 Å². The minimum atomic E-state index is -0.243. The lowest BCUT2D eigenvalue weighted by atomic mass is 10.0. The topological polar surface area (TPSA) is 67.2 Å². The van der Waals surface area contributed by atoms with Crippen molar-refractivity contribution in [2.75, 3.05) is 5.32 Å². The molecule has 0 saturated carbocycles. The number of fused-ring (bicyclic) bond motifs is 2. The van der Waals surface area contributed by atoms with Gasteiger partial charge in [0.2, 0.25) is 0 Å². The van der Waals surface area contributed by atoms with Gasteiger partial charge < -0.3 is 9.73 Å². The number of hydrogen-bond donors (Lipinski definition) is 2. The average Bonchev–Trinajstić information content (AvgIpc) is 3.20. The standard InChI is InChI=1S/C28H23N3O2S/c1-17-14-24-25(15-18(17)2)33-26(30-24)16-19-10-12-21(13-11-19)29-28(34)31-27(32)23-9-5-7-20-6-3-4-8-22(20)23/h3-15H,16H2,1-2H3,(H2,29,31,32,34). The minimum absolute atomic E-state index is 0.243. The first-order chi connectivity index (χ1) is 16.5. The number of anilines is 1. The van der Waals surface area contributed by atoms with Crippen molar-refractivity contribution >= 4 is 50.8 Å². The van der Waals surface area contributed by atoms with Crippen LogP contribution in [0.5, 0.6) is 0 Å². The molecule has 0 spiro atoms. The van der Waals surface area contributed by atoms with E-state index in [-0.39, 0.29) is 11.0 Å². The number of thiocarbonyl (C=S) groups is 1. The molecule has 0 unspecified atom stereocenters. The maximum atomic E-state index is 12.8. The van der Waals surface area contributed by atoms with Gasteiger partial charge in [-0.15, -0.1) is 0 Å². The van der Waals surface area contributed by atoms with Crippen molar-refractivity contribution in [2.24, 2.45) is 0 Å². The molecule has 1 amide bonds. The number of rotatable bonds is 4. The SMILES string of the molecule is Cc1cc2nc(Cc3ccc(NC(=S)NC(=O)c4cccc5ccccc45)cc3)oc2cc1C. The van der Waals surface area contributed by atoms with E-state index in [1.165, 1.54) is 11.1 Å². The van der Waals surface area contributed by atoms with Crippen LogP contribution in [0.2, 0.25) is 0 Å². The third-order valence-corrected chi connectivity index (χ3v) is 6.08. The van der Waals surface area contributed by atoms with Crippen molar-refractivity contribution < 1.29 is 9.21 Å². The van der Waals surface area contributed by atoms with E-state index < -0.39 is 0 Å². The van der Waals surface area contributed by atoms with E-state index in [4.69, 9.17) is 16.6 Å². The molecule has 0 saturated heterocycles. The normalized spacial score (nSPS) is 11.0. The third kappa shape index (κ3) is 4.54. The van der Waals surface area contributed by atoms with Crippen molar-refractivity contribution in [3.8, 4) is 0 Å². The number of amides is 1. The molecule has 2 N–H and O–H groups in total. The van der Waals surface area contributed by atoms with Gasteiger partial charge in [0.05, 0.1) is 0 Å². The van der Waals surface area contributed by atoms with Crippen LogP contribution in [-0.4, -0.2) is 16.0 Å². The van der Waals surface area contributed by atoms with Crippen LogP contribution in [-0.2, 0) is 6.42 Å². The number of nitrogens with one attached hydrogen (secondary N) is 2. The Morgan fingerprint density at radius 1 is 0.941 bits per heavy atom. The maximum Gasteiger partial charge on any atom is 0.258 e. The summed E-state index contributed by atoms with van der Waals surface area (Å²) in [5.41, 5.74) is 6.51. The van der Waals surface area contributed by atoms with Gasteiger partial charge in [0, 0.05) is 17.7 Å². The van der Waals surface area contributed by atoms with E-state index >= 15 is 0 Å². The molecule has 168 valence electrons. The molecule has 0 bridgehead atoms. The monoisotopic (exact) mass is 465 g/mol. The molecule has 0 fully saturated rings. The first-order valence-electron chi connectivity index (χ1n) is 11.0. The van der Waals surface area contributed by atoms with E-state index in [1.54, 1.807) is 6.07 Å². The summed E-state index contributed by atoms with van der Waals surface area (Å²) in [5.74, 6) is 0.436. The number of nitrogens with zero attached hydrogens (tertiary/aromatic N) is 1. The number of carbonyl (C=O) groups is 1. The molecule has 1 heterocycles. The fourth-order valence-electron chi connectivity index (χ4n) is 3.94. The molecule has 0 aliphatic carbocycles. The summed E-state index contributed by atoms with van der Waals surface area (Å²) in [6, 6.07) is 25.3. The van der Waals surface area contributed by atoms with Gasteiger partial charge in [-0.25, -0.2) is 4.98 Å². The lowest BCUT2D eigenvalue weighted by molar-refractivity contribution is 0.0979. The lowest BCUT2D eigenvalue weighted by Crippen LogP contribution is -2.34. The second-order valence-corrected chi connectivity index (χ2v) is 8.73. The molecule has 4 aromatic carbocycles. The molecule has 5 nitrogen and oxygen atoms in total. The first-order valence-corrected chi connectivity index (χ1v) is 11.4. The summed E-state index contributed by atoms with van der Waals surface area (Å²) in [6.45, 7) is 4.14. The quantitative estimate of drug-likeness (QED) is 0.304. The van der Waals surface area contributed by atoms with Gasteiger partial charge in [0.1, 0.15) is 5.52 Å². The fraction of sp³-hybridized carbons (Fsp3) is 0.107. The van der Waals surface area contributed by atoms with Gasteiger partial charge in [0.15, 0.2) is 16.6 Å². The maximum absolute atomic E-state index is 12.8. The van der Waals surface area contributed by atoms with E-state index in [9.17, 15) is 4.79 Å². The van der Waals surface area contributed by atoms with E-state index in [0.717, 1.165) is 33.1 Å². The summed E-state index contributed by atoms with van der Waals surface area (Å²) in [5, 5.41) is 7.99. The van der Waals surface area contributed by atoms with Gasteiger partial charge in [-0.1, -0.05) is 48.5 Å². The van der Waals surface area contributed by atoms with Crippen LogP contribution in [0.25, 0.3) is 21.9 Å². The molecule has 34 heavy (non-hydrogen) atoms. The van der Waals surface area contributed by atoms with Crippen molar-refractivity contribution in [3.63, 3.8) is 0 Å². The average molecular weight is 466 g/mol. The largest absolute Gasteiger partial charge is 0.440 e. The highest BCUT2D eigenvalue weighted by atomic mass is 32.1. The lowest BCUT2D eigenvalue weighted by Gasteiger charge is -2.11. The molecule has 5 aromatic rings. The van der Waals surface area contributed by atoms with Crippen molar-refractivity contribution in [3.05, 3.63) is 107 Å². The predicted molar refractivity (Wildman–Crippen MR) is 140 cm³/mol. The van der Waals surface area contributed by atoms with Crippen LogP contribution < -0.4 is 10.6 Å². The van der Waals surface area contributed by atoms with E-state index in [0.29, 0.717) is 17.9 Å². The Balaban J connectivity index is 1.23. The Morgan fingerprint density at radius 3 is 2.50 bits per heavy atom. The summed E-state index contributed by atoms with van der Waals surface area (Å²) in [7, 11) is 0. The van der Waals surface area contributed by atoms with Crippen LogP contribution in [0, 0.1) is 13.8 Å². The van der Waals surface area contributed by atoms with Crippen LogP contribution in [0.1, 0.15) is 32.9 Å². The van der Waals surface area contributed by atoms with Crippen molar-refractivity contribution in [2.45, 2.75) is 20.3 Å². The Bertz CT molecular complexity index is 1490. The number of aromatic nitrogens is 1. The van der Waals surface area contributed by atoms with Gasteiger partial charge in [0.25, 0.3) is 5.91 Å². The number of hydrogen-bond acceptors (Lipinski definition) is 4. The van der Waals surface area contributed by atoms with Crippen molar-refractivity contribution in [1.29, 1.82) is 0 Å². The van der Waals surface area contributed by atoms with Crippen LogP contribution >= 0.6 is 12.2 Å². The summed E-state index contributed by atoms with van der Waals surface area (Å²) >= 11 is 5.36. The van der Waals surface area contributed by atoms with E-state index in [2.05, 4.69) is 35.5 Å². The first kappa shape index (κ1) is 21.8. The number of aryl methyl sites for hydroxylation is 2. The molecule has 0 radical (unpaired) electrons. The zero-order valence-electron chi connectivity index (χ0n) is 18.9. The highest BCUT2D eigenvalue weighted by molar-refractivity contribution is 7.80. The molecule has 0 aliphatic heterocycles. The van der Waals surface area contributed by atoms with Gasteiger partial charge >= 0.3 is 0 Å². The molecule has 1 aromatic heterocycles. The van der Waals surface area contributed by atoms with Crippen LogP contribution in [0.3, 0.4) is 0 Å². The summed E-state index contributed by atoms with van der Waals surface area (Å²) in [4.78, 5) is 17.4. The smallest absolute Gasteiger partial charge is 0.258 e. The number of benzene rings is 4. The number of oxazole rings is 1. The molecular weight excluding hydrogens is 442 g/mol. The third-order valence-electron chi connectivity index (χ3n) is 5.88. The second-order valence-electron chi connectivity index (χ2n) is 8.32. The van der Waals surface area contributed by atoms with Gasteiger partial charge in [-0.05, 0) is 83.9 Å². The summed E-state index contributed by atoms with van der Waals surface area (Å²) < 4.78 is 5.92. The Hall–Kier alpha value is -4.03. The van der Waals surface area contributed by atoms with Gasteiger partial charge in [-0.2, -0.15) is 0 Å². The second kappa shape index (κ2) is 9.08. The highest BCUT2D eigenvalue weighted by Crippen LogP contribution is 2.22. The Morgan fingerprint density at radius 2 is 1.68 bits per heavy atom. The Kier molecular flexibility index (Phi) is 5.82. The molecule has 6 heteroatoms. The molecule has 0 aliphatic rings. The summed E-state index contributed by atoms with van der Waals surface area (Å²) in [6.07, 6.45) is 0.593. The highest BCUT2D eigenvalue weighted by Gasteiger charge is 2.12. The molecule has 5 rings (SSSR count). The molecular formula is C28H23N3O2S. The Labute approximate surface area is 202 Å². The van der Waals surface area contributed by atoms with E-state index in [1.807, 2.05) is 66.7 Å². The minimum Gasteiger partial charge on any atom is -0.440 e. The van der Waals surface area contributed by atoms with Crippen LogP contribution in [0.4, 0.5) is 5.69 Å². The van der Waals surface area contributed by atoms with Crippen LogP contribution in [0.15, 0.2) is 83.3 Å². The zero-order valence-corrected chi connectivity index (χ0v) is 19.7. The fourth-order valence-corrected chi connectivity index (χ4v) is 4.15. The molecule has 0 atom stereocenters. The number of carbonyl (C=O) groups excluding carboxylic acids is 1.